The highest BCUT2D eigenvalue weighted by molar-refractivity contribution is 7.97. The number of aromatic nitrogens is 5. The van der Waals surface area contributed by atoms with E-state index in [-0.39, 0.29) is 6.54 Å². The van der Waals surface area contributed by atoms with Crippen molar-refractivity contribution < 1.29 is 8.91 Å². The van der Waals surface area contributed by atoms with Crippen molar-refractivity contribution in [3.63, 3.8) is 0 Å². The summed E-state index contributed by atoms with van der Waals surface area (Å²) in [6.07, 6.45) is 1.44. The van der Waals surface area contributed by atoms with Crippen LogP contribution in [0.2, 0.25) is 0 Å². The molecule has 2 aromatic heterocycles. The molecule has 0 spiro atoms. The molecular formula is C15H16FN5OS. The quantitative estimate of drug-likeness (QED) is 0.662. The maximum absolute atomic E-state index is 12.4. The zero-order valence-corrected chi connectivity index (χ0v) is 13.5. The van der Waals surface area contributed by atoms with Gasteiger partial charge in [0, 0.05) is 5.56 Å². The van der Waals surface area contributed by atoms with Crippen LogP contribution in [-0.2, 0) is 18.1 Å². The summed E-state index contributed by atoms with van der Waals surface area (Å²) in [5, 5.41) is 7.98. The summed E-state index contributed by atoms with van der Waals surface area (Å²) in [4.78, 5) is 8.51. The van der Waals surface area contributed by atoms with E-state index in [0.717, 1.165) is 11.4 Å². The second-order valence-electron chi connectivity index (χ2n) is 4.96. The van der Waals surface area contributed by atoms with Gasteiger partial charge in [-0.25, -0.2) is 14.1 Å². The Hall–Kier alpha value is -2.22. The molecule has 0 fully saturated rings. The molecule has 3 rings (SSSR count). The van der Waals surface area contributed by atoms with E-state index in [2.05, 4.69) is 20.2 Å². The van der Waals surface area contributed by atoms with Gasteiger partial charge in [0.2, 0.25) is 11.7 Å². The fourth-order valence-electron chi connectivity index (χ4n) is 2.03. The molecule has 1 aromatic carbocycles. The van der Waals surface area contributed by atoms with E-state index in [4.69, 9.17) is 4.52 Å². The van der Waals surface area contributed by atoms with Crippen LogP contribution in [0.25, 0.3) is 11.4 Å². The lowest BCUT2D eigenvalue weighted by Gasteiger charge is -2.01. The Bertz CT molecular complexity index is 755. The maximum atomic E-state index is 12.4. The Morgan fingerprint density at radius 1 is 1.22 bits per heavy atom. The average molecular weight is 333 g/mol. The van der Waals surface area contributed by atoms with Gasteiger partial charge in [-0.2, -0.15) is 10.1 Å². The number of halogens is 1. The predicted molar refractivity (Wildman–Crippen MR) is 85.5 cm³/mol. The Balaban J connectivity index is 1.57. The van der Waals surface area contributed by atoms with Gasteiger partial charge < -0.3 is 4.52 Å². The first-order valence-corrected chi connectivity index (χ1v) is 8.32. The number of benzene rings is 1. The van der Waals surface area contributed by atoms with Crippen molar-refractivity contribution in [1.29, 1.82) is 0 Å². The highest BCUT2D eigenvalue weighted by atomic mass is 32.2. The van der Waals surface area contributed by atoms with Gasteiger partial charge >= 0.3 is 0 Å². The molecule has 0 saturated carbocycles. The molecule has 120 valence electrons. The molecule has 0 aliphatic heterocycles. The molecule has 0 bridgehead atoms. The summed E-state index contributed by atoms with van der Waals surface area (Å²) in [6.45, 7) is 1.81. The van der Waals surface area contributed by atoms with Crippen LogP contribution in [0.15, 0.2) is 35.1 Å². The Kier molecular flexibility index (Phi) is 5.02. The minimum atomic E-state index is -0.454. The fraction of sp³-hybridized carbons (Fsp3) is 0.333. The third kappa shape index (κ3) is 3.95. The predicted octanol–water partition coefficient (Wildman–Crippen LogP) is 3.04. The normalized spacial score (nSPS) is 11.0. The van der Waals surface area contributed by atoms with E-state index < -0.39 is 6.67 Å². The third-order valence-electron chi connectivity index (χ3n) is 3.23. The van der Waals surface area contributed by atoms with Crippen LogP contribution >= 0.6 is 11.8 Å². The van der Waals surface area contributed by atoms with Gasteiger partial charge in [-0.1, -0.05) is 35.0 Å². The Labute approximate surface area is 137 Å². The van der Waals surface area contributed by atoms with Crippen LogP contribution in [-0.4, -0.2) is 31.6 Å². The molecule has 0 amide bonds. The third-order valence-corrected chi connectivity index (χ3v) is 4.14. The van der Waals surface area contributed by atoms with Gasteiger partial charge in [-0.3, -0.25) is 0 Å². The Morgan fingerprint density at radius 2 is 2.04 bits per heavy atom. The maximum Gasteiger partial charge on any atom is 0.236 e. The summed E-state index contributed by atoms with van der Waals surface area (Å²) in [5.41, 5.74) is 2.11. The summed E-state index contributed by atoms with van der Waals surface area (Å²) < 4.78 is 19.2. The van der Waals surface area contributed by atoms with E-state index >= 15 is 0 Å². The van der Waals surface area contributed by atoms with Crippen molar-refractivity contribution in [2.24, 2.45) is 0 Å². The molecular weight excluding hydrogens is 317 g/mol. The molecule has 0 aliphatic carbocycles. The lowest BCUT2D eigenvalue weighted by Crippen LogP contribution is -2.06. The molecule has 8 heteroatoms. The molecule has 23 heavy (non-hydrogen) atoms. The minimum absolute atomic E-state index is 0.230. The zero-order valence-electron chi connectivity index (χ0n) is 12.6. The number of aryl methyl sites for hydroxylation is 2. The molecule has 6 nitrogen and oxygen atoms in total. The SMILES string of the molecule is Cc1ccc(-c2noc(CSCc3ncnn3CCF)n2)cc1. The molecule has 0 unspecified atom stereocenters. The van der Waals surface area contributed by atoms with E-state index in [1.54, 1.807) is 16.4 Å². The highest BCUT2D eigenvalue weighted by Gasteiger charge is 2.10. The summed E-state index contributed by atoms with van der Waals surface area (Å²) in [6, 6.07) is 7.96. The fourth-order valence-corrected chi connectivity index (χ4v) is 2.83. The second-order valence-corrected chi connectivity index (χ2v) is 5.94. The van der Waals surface area contributed by atoms with Crippen molar-refractivity contribution in [1.82, 2.24) is 24.9 Å². The zero-order chi connectivity index (χ0) is 16.1. The first-order chi connectivity index (χ1) is 11.3. The highest BCUT2D eigenvalue weighted by Crippen LogP contribution is 2.20. The average Bonchev–Trinajstić information content (AvgIpc) is 3.19. The summed E-state index contributed by atoms with van der Waals surface area (Å²) >= 11 is 1.57. The van der Waals surface area contributed by atoms with E-state index in [1.807, 2.05) is 31.2 Å². The number of hydrogen-bond acceptors (Lipinski definition) is 6. The van der Waals surface area contributed by atoms with Crippen molar-refractivity contribution in [3.8, 4) is 11.4 Å². The van der Waals surface area contributed by atoms with Crippen LogP contribution in [0, 0.1) is 6.92 Å². The number of hydrogen-bond donors (Lipinski definition) is 0. The first-order valence-electron chi connectivity index (χ1n) is 7.16. The van der Waals surface area contributed by atoms with E-state index in [0.29, 0.717) is 23.2 Å². The summed E-state index contributed by atoms with van der Waals surface area (Å²) in [5.74, 6) is 3.07. The molecule has 0 N–H and O–H groups in total. The molecule has 3 aromatic rings. The van der Waals surface area contributed by atoms with Crippen LogP contribution in [0.1, 0.15) is 17.3 Å². The molecule has 0 radical (unpaired) electrons. The molecule has 0 aliphatic rings. The molecule has 2 heterocycles. The van der Waals surface area contributed by atoms with Crippen molar-refractivity contribution in [3.05, 3.63) is 47.9 Å². The lowest BCUT2D eigenvalue weighted by atomic mass is 10.1. The van der Waals surface area contributed by atoms with Crippen LogP contribution in [0.3, 0.4) is 0 Å². The van der Waals surface area contributed by atoms with Gasteiger partial charge in [-0.05, 0) is 6.92 Å². The molecule has 0 atom stereocenters. The number of alkyl halides is 1. The molecule has 0 saturated heterocycles. The van der Waals surface area contributed by atoms with E-state index in [9.17, 15) is 4.39 Å². The topological polar surface area (TPSA) is 69.6 Å². The van der Waals surface area contributed by atoms with Gasteiger partial charge in [0.25, 0.3) is 0 Å². The van der Waals surface area contributed by atoms with Gasteiger partial charge in [0.15, 0.2) is 0 Å². The van der Waals surface area contributed by atoms with Crippen molar-refractivity contribution in [2.45, 2.75) is 25.0 Å². The number of rotatable bonds is 7. The smallest absolute Gasteiger partial charge is 0.236 e. The monoisotopic (exact) mass is 333 g/mol. The van der Waals surface area contributed by atoms with Crippen molar-refractivity contribution in [2.75, 3.05) is 6.67 Å². The number of thioether (sulfide) groups is 1. The van der Waals surface area contributed by atoms with Crippen molar-refractivity contribution >= 4 is 11.8 Å². The lowest BCUT2D eigenvalue weighted by molar-refractivity contribution is 0.391. The second kappa shape index (κ2) is 7.36. The minimum Gasteiger partial charge on any atom is -0.338 e. The van der Waals surface area contributed by atoms with Crippen LogP contribution in [0.4, 0.5) is 4.39 Å². The van der Waals surface area contributed by atoms with Crippen LogP contribution in [0.5, 0.6) is 0 Å². The van der Waals surface area contributed by atoms with E-state index in [1.165, 1.54) is 11.9 Å². The van der Waals surface area contributed by atoms with Gasteiger partial charge in [-0.15, -0.1) is 11.8 Å². The van der Waals surface area contributed by atoms with Crippen LogP contribution < -0.4 is 0 Å². The largest absolute Gasteiger partial charge is 0.338 e. The number of nitrogens with zero attached hydrogens (tertiary/aromatic N) is 5. The standard InChI is InChI=1S/C15H16FN5OS/c1-11-2-4-12(5-3-11)15-19-14(22-20-15)9-23-8-13-17-10-18-21(13)7-6-16/h2-5,10H,6-9H2,1H3. The van der Waals surface area contributed by atoms with Gasteiger partial charge in [0.1, 0.15) is 18.8 Å². The van der Waals surface area contributed by atoms with Gasteiger partial charge in [0.05, 0.1) is 18.1 Å². The Morgan fingerprint density at radius 3 is 2.83 bits per heavy atom. The first kappa shape index (κ1) is 15.7. The summed E-state index contributed by atoms with van der Waals surface area (Å²) in [7, 11) is 0.